The number of rotatable bonds is 5. The summed E-state index contributed by atoms with van der Waals surface area (Å²) in [6, 6.07) is 10.3. The fourth-order valence-electron chi connectivity index (χ4n) is 2.51. The molecule has 0 aliphatic carbocycles. The molecule has 0 bridgehead atoms. The van der Waals surface area contributed by atoms with E-state index in [4.69, 9.17) is 21.7 Å². The molecule has 2 N–H and O–H groups in total. The largest absolute Gasteiger partial charge is 0.497 e. The second-order valence-corrected chi connectivity index (χ2v) is 5.99. The molecule has 0 saturated carbocycles. The summed E-state index contributed by atoms with van der Waals surface area (Å²) in [5.74, 6) is 0.156. The Bertz CT molecular complexity index is 1150. The number of H-pyrrole nitrogens is 1. The molecule has 0 radical (unpaired) electrons. The van der Waals surface area contributed by atoms with Gasteiger partial charge in [0.15, 0.2) is 4.77 Å². The molecular formula is C19H16FN3O4S. The molecule has 1 heterocycles. The van der Waals surface area contributed by atoms with Gasteiger partial charge in [-0.05, 0) is 48.6 Å². The van der Waals surface area contributed by atoms with Gasteiger partial charge in [0.05, 0.1) is 19.9 Å². The quantitative estimate of drug-likeness (QED) is 0.505. The Kier molecular flexibility index (Phi) is 5.55. The number of ether oxygens (including phenoxy) is 2. The Morgan fingerprint density at radius 1 is 1.18 bits per heavy atom. The number of methoxy groups -OCH3 is 2. The fraction of sp³-hybridized carbons (Fsp3) is 0.105. The van der Waals surface area contributed by atoms with E-state index in [0.29, 0.717) is 22.9 Å². The van der Waals surface area contributed by atoms with Crippen LogP contribution in [0.4, 0.5) is 10.1 Å². The zero-order chi connectivity index (χ0) is 20.3. The predicted octanol–water partition coefficient (Wildman–Crippen LogP) is 3.51. The van der Waals surface area contributed by atoms with Gasteiger partial charge in [0.2, 0.25) is 5.88 Å². The average Bonchev–Trinajstić information content (AvgIpc) is 2.69. The highest BCUT2D eigenvalue weighted by atomic mass is 32.1. The summed E-state index contributed by atoms with van der Waals surface area (Å²) < 4.78 is 24.8. The summed E-state index contributed by atoms with van der Waals surface area (Å²) >= 11 is 5.12. The third-order valence-corrected chi connectivity index (χ3v) is 4.21. The van der Waals surface area contributed by atoms with E-state index in [9.17, 15) is 14.3 Å². The van der Waals surface area contributed by atoms with Crippen molar-refractivity contribution in [3.63, 3.8) is 0 Å². The molecule has 144 valence electrons. The highest BCUT2D eigenvalue weighted by Crippen LogP contribution is 2.31. The first-order valence-electron chi connectivity index (χ1n) is 8.05. The molecule has 7 nitrogen and oxygen atoms in total. The molecule has 0 amide bonds. The summed E-state index contributed by atoms with van der Waals surface area (Å²) in [5, 5.41) is 10.6. The Morgan fingerprint density at radius 3 is 2.54 bits per heavy atom. The Balaban J connectivity index is 2.09. The van der Waals surface area contributed by atoms with Gasteiger partial charge < -0.3 is 14.6 Å². The zero-order valence-electron chi connectivity index (χ0n) is 15.0. The minimum Gasteiger partial charge on any atom is -0.497 e. The van der Waals surface area contributed by atoms with Crippen molar-refractivity contribution in [1.82, 2.24) is 9.55 Å². The van der Waals surface area contributed by atoms with E-state index < -0.39 is 17.3 Å². The third-order valence-electron chi connectivity index (χ3n) is 3.93. The van der Waals surface area contributed by atoms with E-state index in [1.807, 2.05) is 0 Å². The maximum absolute atomic E-state index is 13.2. The highest BCUT2D eigenvalue weighted by molar-refractivity contribution is 7.71. The van der Waals surface area contributed by atoms with Gasteiger partial charge >= 0.3 is 0 Å². The smallest absolute Gasteiger partial charge is 0.264 e. The molecule has 9 heteroatoms. The molecule has 0 fully saturated rings. The second-order valence-electron chi connectivity index (χ2n) is 5.60. The standard InChI is InChI=1S/C19H16FN3O4S/c1-26-13-7-8-15(16(9-13)27-2)21-10-14-17(24)22-19(28)23(18(14)25)12-5-3-11(20)4-6-12/h3-10,25H,1-2H3,(H,22,24,28). The maximum Gasteiger partial charge on any atom is 0.264 e. The van der Waals surface area contributed by atoms with Crippen LogP contribution in [0.1, 0.15) is 5.56 Å². The van der Waals surface area contributed by atoms with E-state index in [1.165, 1.54) is 49.3 Å². The minimum absolute atomic E-state index is 0.0340. The number of aromatic hydroxyl groups is 1. The van der Waals surface area contributed by atoms with Crippen LogP contribution in [-0.4, -0.2) is 35.1 Å². The first-order valence-corrected chi connectivity index (χ1v) is 8.45. The first kappa shape index (κ1) is 19.3. The van der Waals surface area contributed by atoms with Crippen molar-refractivity contribution in [2.45, 2.75) is 0 Å². The molecule has 1 aromatic heterocycles. The maximum atomic E-state index is 13.2. The van der Waals surface area contributed by atoms with E-state index >= 15 is 0 Å². The first-order chi connectivity index (χ1) is 13.4. The summed E-state index contributed by atoms with van der Waals surface area (Å²) in [6.07, 6.45) is 1.20. The van der Waals surface area contributed by atoms with Gasteiger partial charge in [0.1, 0.15) is 28.6 Å². The third kappa shape index (κ3) is 3.79. The van der Waals surface area contributed by atoms with Gasteiger partial charge in [-0.2, -0.15) is 0 Å². The van der Waals surface area contributed by atoms with E-state index in [-0.39, 0.29) is 10.3 Å². The van der Waals surface area contributed by atoms with Crippen LogP contribution in [0.25, 0.3) is 5.69 Å². The topological polar surface area (TPSA) is 88.8 Å². The predicted molar refractivity (Wildman–Crippen MR) is 106 cm³/mol. The van der Waals surface area contributed by atoms with Gasteiger partial charge in [0.25, 0.3) is 5.56 Å². The van der Waals surface area contributed by atoms with Crippen molar-refractivity contribution in [3.8, 4) is 23.1 Å². The van der Waals surface area contributed by atoms with Gasteiger partial charge in [-0.25, -0.2) is 4.39 Å². The van der Waals surface area contributed by atoms with Crippen LogP contribution >= 0.6 is 12.2 Å². The van der Waals surface area contributed by atoms with Crippen LogP contribution in [0.5, 0.6) is 17.4 Å². The van der Waals surface area contributed by atoms with Crippen molar-refractivity contribution < 1.29 is 19.0 Å². The molecule has 3 rings (SSSR count). The van der Waals surface area contributed by atoms with Crippen molar-refractivity contribution in [3.05, 3.63) is 69.0 Å². The lowest BCUT2D eigenvalue weighted by Gasteiger charge is -2.11. The summed E-state index contributed by atoms with van der Waals surface area (Å²) in [7, 11) is 3.01. The number of halogens is 1. The summed E-state index contributed by atoms with van der Waals surface area (Å²) in [6.45, 7) is 0. The SMILES string of the molecule is COc1ccc(N=Cc2c(O)n(-c3ccc(F)cc3)c(=S)[nH]c2=O)c(OC)c1. The number of hydrogen-bond donors (Lipinski definition) is 2. The van der Waals surface area contributed by atoms with E-state index in [0.717, 1.165) is 0 Å². The van der Waals surface area contributed by atoms with Crippen LogP contribution in [0.15, 0.2) is 52.3 Å². The number of nitrogens with one attached hydrogen (secondary N) is 1. The number of aromatic nitrogens is 2. The molecule has 0 unspecified atom stereocenters. The normalized spacial score (nSPS) is 11.0. The van der Waals surface area contributed by atoms with Gasteiger partial charge in [-0.15, -0.1) is 0 Å². The van der Waals surface area contributed by atoms with Gasteiger partial charge in [-0.3, -0.25) is 19.3 Å². The lowest BCUT2D eigenvalue weighted by molar-refractivity contribution is 0.395. The molecule has 3 aromatic rings. The Morgan fingerprint density at radius 2 is 1.89 bits per heavy atom. The van der Waals surface area contributed by atoms with Crippen molar-refractivity contribution in [1.29, 1.82) is 0 Å². The van der Waals surface area contributed by atoms with Crippen LogP contribution < -0.4 is 15.0 Å². The summed E-state index contributed by atoms with van der Waals surface area (Å²) in [4.78, 5) is 19.0. The van der Waals surface area contributed by atoms with Crippen molar-refractivity contribution >= 4 is 24.1 Å². The van der Waals surface area contributed by atoms with Crippen LogP contribution in [0.2, 0.25) is 0 Å². The Hall–Kier alpha value is -3.46. The molecule has 0 aliphatic rings. The monoisotopic (exact) mass is 401 g/mol. The molecule has 0 atom stereocenters. The number of hydrogen-bond acceptors (Lipinski definition) is 6. The van der Waals surface area contributed by atoms with Crippen molar-refractivity contribution in [2.75, 3.05) is 14.2 Å². The number of nitrogens with zero attached hydrogens (tertiary/aromatic N) is 2. The molecule has 0 aliphatic heterocycles. The lowest BCUT2D eigenvalue weighted by atomic mass is 10.2. The van der Waals surface area contributed by atoms with Gasteiger partial charge in [-0.1, -0.05) is 0 Å². The molecular weight excluding hydrogens is 385 g/mol. The van der Waals surface area contributed by atoms with E-state index in [2.05, 4.69) is 9.98 Å². The molecule has 2 aromatic carbocycles. The molecule has 0 saturated heterocycles. The number of aliphatic imine (C=N–C) groups is 1. The summed E-state index contributed by atoms with van der Waals surface area (Å²) in [5.41, 5.74) is 0.0857. The molecule has 28 heavy (non-hydrogen) atoms. The Labute approximate surface area is 164 Å². The second kappa shape index (κ2) is 8.05. The van der Waals surface area contributed by atoms with Gasteiger partial charge in [0, 0.05) is 12.3 Å². The highest BCUT2D eigenvalue weighted by Gasteiger charge is 2.13. The van der Waals surface area contributed by atoms with Crippen LogP contribution in [0.3, 0.4) is 0 Å². The minimum atomic E-state index is -0.614. The van der Waals surface area contributed by atoms with Crippen LogP contribution in [0, 0.1) is 10.6 Å². The fourth-order valence-corrected chi connectivity index (χ4v) is 2.79. The van der Waals surface area contributed by atoms with E-state index in [1.54, 1.807) is 18.2 Å². The van der Waals surface area contributed by atoms with Crippen LogP contribution in [-0.2, 0) is 0 Å². The average molecular weight is 401 g/mol. The molecule has 0 spiro atoms. The number of aromatic amines is 1. The lowest BCUT2D eigenvalue weighted by Crippen LogP contribution is -2.18. The zero-order valence-corrected chi connectivity index (χ0v) is 15.8. The van der Waals surface area contributed by atoms with Crippen molar-refractivity contribution in [2.24, 2.45) is 4.99 Å². The number of benzene rings is 2.